The molecule has 5 nitrogen and oxygen atoms in total. The smallest absolute Gasteiger partial charge is 0.413 e. The molecule has 0 aromatic carbocycles. The number of anilines is 1. The van der Waals surface area contributed by atoms with E-state index >= 15 is 0 Å². The molecule has 1 N–H and O–H groups in total. The van der Waals surface area contributed by atoms with Crippen molar-refractivity contribution in [1.82, 2.24) is 10.2 Å². The number of hydrogen-bond acceptors (Lipinski definition) is 5. The molecule has 0 saturated carbocycles. The number of carbonyl (C=O) groups excluding carboxylic acids is 1. The maximum Gasteiger partial charge on any atom is 0.413 e. The van der Waals surface area contributed by atoms with E-state index in [2.05, 4.69) is 22.4 Å². The van der Waals surface area contributed by atoms with Gasteiger partial charge in [-0.25, -0.2) is 4.79 Å². The van der Waals surface area contributed by atoms with Gasteiger partial charge in [0.2, 0.25) is 5.13 Å². The fourth-order valence-electron chi connectivity index (χ4n) is 1.19. The Morgan fingerprint density at radius 3 is 2.88 bits per heavy atom. The van der Waals surface area contributed by atoms with E-state index in [4.69, 9.17) is 4.74 Å². The molecule has 0 aliphatic rings. The van der Waals surface area contributed by atoms with Crippen LogP contribution in [0.2, 0.25) is 0 Å². The quantitative estimate of drug-likeness (QED) is 0.780. The van der Waals surface area contributed by atoms with Gasteiger partial charge in [0.15, 0.2) is 0 Å². The summed E-state index contributed by atoms with van der Waals surface area (Å²) >= 11 is 1.40. The number of hydrogen-bond donors (Lipinski definition) is 1. The summed E-state index contributed by atoms with van der Waals surface area (Å²) in [5.41, 5.74) is 0. The fraction of sp³-hybridized carbons (Fsp3) is 0.700. The standard InChI is InChI=1S/C10H17N3O2S/c1-3-5-6-7-8-12-13-9(16-8)11-10(14)15-4-2/h3-7H2,1-2H3,(H,11,13,14). The van der Waals surface area contributed by atoms with Crippen LogP contribution in [0.25, 0.3) is 0 Å². The van der Waals surface area contributed by atoms with Gasteiger partial charge in [0.1, 0.15) is 5.01 Å². The predicted octanol–water partition coefficient (Wildman–Crippen LogP) is 2.84. The second kappa shape index (κ2) is 7.16. The molecular formula is C10H17N3O2S. The second-order valence-electron chi connectivity index (χ2n) is 3.30. The van der Waals surface area contributed by atoms with Crippen LogP contribution in [0.4, 0.5) is 9.93 Å². The molecule has 0 aliphatic heterocycles. The Morgan fingerprint density at radius 2 is 2.19 bits per heavy atom. The molecule has 0 fully saturated rings. The summed E-state index contributed by atoms with van der Waals surface area (Å²) in [5.74, 6) is 0. The number of amides is 1. The predicted molar refractivity (Wildman–Crippen MR) is 63.8 cm³/mol. The van der Waals surface area contributed by atoms with E-state index in [1.165, 1.54) is 24.2 Å². The molecule has 0 bridgehead atoms. The van der Waals surface area contributed by atoms with Crippen molar-refractivity contribution in [3.63, 3.8) is 0 Å². The summed E-state index contributed by atoms with van der Waals surface area (Å²) in [7, 11) is 0. The van der Waals surface area contributed by atoms with Gasteiger partial charge in [0.05, 0.1) is 6.61 Å². The van der Waals surface area contributed by atoms with Crippen molar-refractivity contribution in [3.05, 3.63) is 5.01 Å². The maximum absolute atomic E-state index is 11.1. The second-order valence-corrected chi connectivity index (χ2v) is 4.37. The van der Waals surface area contributed by atoms with Crippen LogP contribution in [-0.2, 0) is 11.2 Å². The van der Waals surface area contributed by atoms with Gasteiger partial charge in [-0.3, -0.25) is 5.32 Å². The highest BCUT2D eigenvalue weighted by Crippen LogP contribution is 2.17. The monoisotopic (exact) mass is 243 g/mol. The van der Waals surface area contributed by atoms with Crippen molar-refractivity contribution in [2.75, 3.05) is 11.9 Å². The average Bonchev–Trinajstić information content (AvgIpc) is 2.66. The third-order valence-corrected chi connectivity index (χ3v) is 2.84. The first kappa shape index (κ1) is 12.9. The van der Waals surface area contributed by atoms with Crippen LogP contribution >= 0.6 is 11.3 Å². The highest BCUT2D eigenvalue weighted by molar-refractivity contribution is 7.15. The van der Waals surface area contributed by atoms with Crippen molar-refractivity contribution in [2.45, 2.75) is 39.5 Å². The number of rotatable bonds is 6. The zero-order chi connectivity index (χ0) is 11.8. The number of aryl methyl sites for hydroxylation is 1. The van der Waals surface area contributed by atoms with E-state index in [0.29, 0.717) is 11.7 Å². The summed E-state index contributed by atoms with van der Waals surface area (Å²) in [5, 5.41) is 11.9. The molecule has 1 heterocycles. The first-order valence-corrected chi connectivity index (χ1v) is 6.34. The van der Waals surface area contributed by atoms with Crippen LogP contribution in [0.3, 0.4) is 0 Å². The summed E-state index contributed by atoms with van der Waals surface area (Å²) in [4.78, 5) is 11.1. The summed E-state index contributed by atoms with van der Waals surface area (Å²) in [6, 6.07) is 0. The average molecular weight is 243 g/mol. The van der Waals surface area contributed by atoms with Crippen LogP contribution in [0, 0.1) is 0 Å². The van der Waals surface area contributed by atoms with Crippen LogP contribution in [0.15, 0.2) is 0 Å². The summed E-state index contributed by atoms with van der Waals surface area (Å²) < 4.78 is 4.74. The Labute approximate surface area is 99.2 Å². The van der Waals surface area contributed by atoms with Crippen molar-refractivity contribution < 1.29 is 9.53 Å². The van der Waals surface area contributed by atoms with Gasteiger partial charge in [0.25, 0.3) is 0 Å². The maximum atomic E-state index is 11.1. The highest BCUT2D eigenvalue weighted by atomic mass is 32.1. The van der Waals surface area contributed by atoms with E-state index in [-0.39, 0.29) is 0 Å². The van der Waals surface area contributed by atoms with Crippen molar-refractivity contribution in [2.24, 2.45) is 0 Å². The van der Waals surface area contributed by atoms with Gasteiger partial charge in [0, 0.05) is 6.42 Å². The Balaban J connectivity index is 2.36. The Bertz CT molecular complexity index is 328. The van der Waals surface area contributed by atoms with Crippen LogP contribution in [0.5, 0.6) is 0 Å². The summed E-state index contributed by atoms with van der Waals surface area (Å²) in [6.07, 6.45) is 3.95. The Morgan fingerprint density at radius 1 is 1.38 bits per heavy atom. The molecule has 0 unspecified atom stereocenters. The lowest BCUT2D eigenvalue weighted by Crippen LogP contribution is -2.12. The van der Waals surface area contributed by atoms with Gasteiger partial charge in [-0.15, -0.1) is 10.2 Å². The third-order valence-electron chi connectivity index (χ3n) is 1.95. The molecule has 6 heteroatoms. The molecular weight excluding hydrogens is 226 g/mol. The molecule has 1 amide bonds. The molecule has 0 aliphatic carbocycles. The molecule has 0 saturated heterocycles. The molecule has 1 aromatic rings. The largest absolute Gasteiger partial charge is 0.450 e. The normalized spacial score (nSPS) is 10.1. The van der Waals surface area contributed by atoms with Gasteiger partial charge < -0.3 is 4.74 Å². The number of unbranched alkanes of at least 4 members (excludes halogenated alkanes) is 2. The highest BCUT2D eigenvalue weighted by Gasteiger charge is 2.07. The lowest BCUT2D eigenvalue weighted by atomic mass is 10.2. The van der Waals surface area contributed by atoms with Crippen molar-refractivity contribution in [1.29, 1.82) is 0 Å². The van der Waals surface area contributed by atoms with Crippen LogP contribution in [-0.4, -0.2) is 22.9 Å². The molecule has 16 heavy (non-hydrogen) atoms. The van der Waals surface area contributed by atoms with Gasteiger partial charge in [-0.2, -0.15) is 0 Å². The minimum absolute atomic E-state index is 0.355. The first-order valence-electron chi connectivity index (χ1n) is 5.52. The van der Waals surface area contributed by atoms with Gasteiger partial charge >= 0.3 is 6.09 Å². The molecule has 0 radical (unpaired) electrons. The molecule has 0 spiro atoms. The van der Waals surface area contributed by atoms with E-state index in [1.807, 2.05) is 0 Å². The van der Waals surface area contributed by atoms with E-state index < -0.39 is 6.09 Å². The first-order chi connectivity index (χ1) is 7.76. The summed E-state index contributed by atoms with van der Waals surface area (Å²) in [6.45, 7) is 4.28. The Kier molecular flexibility index (Phi) is 5.77. The van der Waals surface area contributed by atoms with Gasteiger partial charge in [-0.05, 0) is 13.3 Å². The van der Waals surface area contributed by atoms with E-state index in [9.17, 15) is 4.79 Å². The topological polar surface area (TPSA) is 64.1 Å². The number of carbonyl (C=O) groups is 1. The molecule has 0 atom stereocenters. The molecule has 1 rings (SSSR count). The lowest BCUT2D eigenvalue weighted by Gasteiger charge is -1.99. The SMILES string of the molecule is CCCCCc1nnc(NC(=O)OCC)s1. The minimum Gasteiger partial charge on any atom is -0.450 e. The third kappa shape index (κ3) is 4.57. The number of nitrogens with zero attached hydrogens (tertiary/aromatic N) is 2. The number of nitrogens with one attached hydrogen (secondary N) is 1. The van der Waals surface area contributed by atoms with Gasteiger partial charge in [-0.1, -0.05) is 31.1 Å². The lowest BCUT2D eigenvalue weighted by molar-refractivity contribution is 0.168. The minimum atomic E-state index is -0.473. The van der Waals surface area contributed by atoms with Crippen LogP contribution < -0.4 is 5.32 Å². The zero-order valence-corrected chi connectivity index (χ0v) is 10.5. The van der Waals surface area contributed by atoms with Crippen molar-refractivity contribution in [3.8, 4) is 0 Å². The zero-order valence-electron chi connectivity index (χ0n) is 9.65. The Hall–Kier alpha value is -1.17. The number of aromatic nitrogens is 2. The van der Waals surface area contributed by atoms with Crippen molar-refractivity contribution >= 4 is 22.6 Å². The van der Waals surface area contributed by atoms with Crippen LogP contribution in [0.1, 0.15) is 38.1 Å². The fourth-order valence-corrected chi connectivity index (χ4v) is 1.95. The molecule has 90 valence electrons. The van der Waals surface area contributed by atoms with E-state index in [1.54, 1.807) is 6.92 Å². The molecule has 1 aromatic heterocycles. The number of ether oxygens (including phenoxy) is 1. The van der Waals surface area contributed by atoms with E-state index in [0.717, 1.165) is 17.8 Å².